The zero-order valence-corrected chi connectivity index (χ0v) is 9.35. The first-order valence-corrected chi connectivity index (χ1v) is 4.95. The maximum Gasteiger partial charge on any atom is 0.133 e. The van der Waals surface area contributed by atoms with Gasteiger partial charge in [-0.3, -0.25) is 0 Å². The molecule has 3 heteroatoms. The molecule has 1 rings (SSSR count). The monoisotopic (exact) mass is 244 g/mol. The van der Waals surface area contributed by atoms with Gasteiger partial charge in [0, 0.05) is 12.2 Å². The lowest BCUT2D eigenvalue weighted by Gasteiger charge is -2.11. The Hall–Kier alpha value is -0.540. The van der Waals surface area contributed by atoms with E-state index in [1.807, 2.05) is 19.9 Å². The van der Waals surface area contributed by atoms with E-state index in [1.54, 1.807) is 0 Å². The number of hydrogen-bond donors (Lipinski definition) is 2. The summed E-state index contributed by atoms with van der Waals surface area (Å²) in [5.41, 5.74) is 3.00. The molecule has 0 amide bonds. The third kappa shape index (κ3) is 2.03. The summed E-state index contributed by atoms with van der Waals surface area (Å²) >= 11 is 3.27. The number of rotatable bonds is 2. The zero-order chi connectivity index (χ0) is 10.0. The molecule has 1 aromatic rings. The van der Waals surface area contributed by atoms with Crippen molar-refractivity contribution in [1.29, 1.82) is 0 Å². The lowest BCUT2D eigenvalue weighted by molar-refractivity contribution is 0.297. The van der Waals surface area contributed by atoms with Crippen LogP contribution in [0.5, 0.6) is 5.75 Å². The van der Waals surface area contributed by atoms with Gasteiger partial charge < -0.3 is 10.2 Å². The van der Waals surface area contributed by atoms with Crippen LogP contribution in [-0.2, 0) is 6.42 Å². The van der Waals surface area contributed by atoms with E-state index in [2.05, 4.69) is 15.9 Å². The highest BCUT2D eigenvalue weighted by Crippen LogP contribution is 2.32. The standard InChI is InChI=1S/C10H13BrO2/c1-6-5-9(11)10(13)8(3-4-12)7(6)2/h5,12-13H,3-4H2,1-2H3. The lowest BCUT2D eigenvalue weighted by Crippen LogP contribution is -1.97. The van der Waals surface area contributed by atoms with Crippen LogP contribution in [0.15, 0.2) is 10.5 Å². The molecule has 0 saturated heterocycles. The third-order valence-electron chi connectivity index (χ3n) is 2.26. The van der Waals surface area contributed by atoms with Crippen LogP contribution in [0.25, 0.3) is 0 Å². The Morgan fingerprint density at radius 3 is 2.54 bits per heavy atom. The molecular weight excluding hydrogens is 232 g/mol. The van der Waals surface area contributed by atoms with E-state index < -0.39 is 0 Å². The molecule has 0 aliphatic heterocycles. The Morgan fingerprint density at radius 1 is 1.38 bits per heavy atom. The van der Waals surface area contributed by atoms with Crippen molar-refractivity contribution in [2.24, 2.45) is 0 Å². The van der Waals surface area contributed by atoms with E-state index in [0.29, 0.717) is 10.9 Å². The largest absolute Gasteiger partial charge is 0.506 e. The minimum Gasteiger partial charge on any atom is -0.506 e. The van der Waals surface area contributed by atoms with E-state index in [4.69, 9.17) is 5.11 Å². The van der Waals surface area contributed by atoms with Gasteiger partial charge in [-0.05, 0) is 53.4 Å². The molecule has 0 aliphatic rings. The molecule has 0 unspecified atom stereocenters. The molecule has 0 aromatic heterocycles. The summed E-state index contributed by atoms with van der Waals surface area (Å²) < 4.78 is 0.694. The Labute approximate surface area is 86.3 Å². The van der Waals surface area contributed by atoms with Crippen LogP contribution in [0.4, 0.5) is 0 Å². The first-order chi connectivity index (χ1) is 6.07. The quantitative estimate of drug-likeness (QED) is 0.839. The van der Waals surface area contributed by atoms with Crippen molar-refractivity contribution < 1.29 is 10.2 Å². The Balaban J connectivity index is 3.28. The number of aromatic hydroxyl groups is 1. The predicted molar refractivity (Wildman–Crippen MR) is 56.1 cm³/mol. The smallest absolute Gasteiger partial charge is 0.133 e. The Kier molecular flexibility index (Phi) is 3.33. The van der Waals surface area contributed by atoms with Crippen molar-refractivity contribution in [1.82, 2.24) is 0 Å². The fraction of sp³-hybridized carbons (Fsp3) is 0.400. The number of benzene rings is 1. The highest BCUT2D eigenvalue weighted by Gasteiger charge is 2.10. The minimum absolute atomic E-state index is 0.0598. The van der Waals surface area contributed by atoms with Crippen LogP contribution in [0.3, 0.4) is 0 Å². The van der Waals surface area contributed by atoms with Gasteiger partial charge in [0.05, 0.1) is 4.47 Å². The normalized spacial score (nSPS) is 10.5. The molecule has 1 aromatic carbocycles. The SMILES string of the molecule is Cc1cc(Br)c(O)c(CCO)c1C. The molecule has 0 radical (unpaired) electrons. The van der Waals surface area contributed by atoms with Gasteiger partial charge in [0.25, 0.3) is 0 Å². The van der Waals surface area contributed by atoms with Gasteiger partial charge in [0.15, 0.2) is 0 Å². The molecule has 0 heterocycles. The molecule has 0 saturated carbocycles. The highest BCUT2D eigenvalue weighted by atomic mass is 79.9. The van der Waals surface area contributed by atoms with Crippen LogP contribution in [0, 0.1) is 13.8 Å². The Morgan fingerprint density at radius 2 is 2.00 bits per heavy atom. The second-order valence-corrected chi connectivity index (χ2v) is 3.96. The van der Waals surface area contributed by atoms with Crippen molar-refractivity contribution in [3.8, 4) is 5.75 Å². The number of aryl methyl sites for hydroxylation is 1. The molecule has 72 valence electrons. The maximum atomic E-state index is 9.68. The number of phenols is 1. The van der Waals surface area contributed by atoms with Gasteiger partial charge in [-0.1, -0.05) is 0 Å². The summed E-state index contributed by atoms with van der Waals surface area (Å²) in [6, 6.07) is 1.88. The lowest BCUT2D eigenvalue weighted by atomic mass is 10.0. The van der Waals surface area contributed by atoms with E-state index in [1.165, 1.54) is 0 Å². The average Bonchev–Trinajstić information content (AvgIpc) is 2.09. The maximum absolute atomic E-state index is 9.68. The van der Waals surface area contributed by atoms with Crippen LogP contribution in [-0.4, -0.2) is 16.8 Å². The van der Waals surface area contributed by atoms with Crippen molar-refractivity contribution in [3.05, 3.63) is 27.2 Å². The van der Waals surface area contributed by atoms with Gasteiger partial charge in [0.2, 0.25) is 0 Å². The summed E-state index contributed by atoms with van der Waals surface area (Å²) in [7, 11) is 0. The van der Waals surface area contributed by atoms with Crippen molar-refractivity contribution >= 4 is 15.9 Å². The molecule has 0 aliphatic carbocycles. The highest BCUT2D eigenvalue weighted by molar-refractivity contribution is 9.10. The van der Waals surface area contributed by atoms with E-state index in [0.717, 1.165) is 16.7 Å². The predicted octanol–water partition coefficient (Wildman–Crippen LogP) is 2.31. The molecule has 0 fully saturated rings. The molecule has 2 nitrogen and oxygen atoms in total. The summed E-state index contributed by atoms with van der Waals surface area (Å²) in [5, 5.41) is 18.5. The number of halogens is 1. The van der Waals surface area contributed by atoms with E-state index in [9.17, 15) is 5.11 Å². The number of hydrogen-bond acceptors (Lipinski definition) is 2. The first-order valence-electron chi connectivity index (χ1n) is 4.16. The zero-order valence-electron chi connectivity index (χ0n) is 7.76. The van der Waals surface area contributed by atoms with Gasteiger partial charge in [-0.25, -0.2) is 0 Å². The summed E-state index contributed by atoms with van der Waals surface area (Å²) in [4.78, 5) is 0. The number of aliphatic hydroxyl groups is 1. The summed E-state index contributed by atoms with van der Waals surface area (Å²) in [6.45, 7) is 4.00. The van der Waals surface area contributed by atoms with Crippen LogP contribution >= 0.6 is 15.9 Å². The van der Waals surface area contributed by atoms with Gasteiger partial charge in [-0.2, -0.15) is 0 Å². The second-order valence-electron chi connectivity index (χ2n) is 3.10. The van der Waals surface area contributed by atoms with E-state index >= 15 is 0 Å². The van der Waals surface area contributed by atoms with Crippen molar-refractivity contribution in [2.45, 2.75) is 20.3 Å². The second kappa shape index (κ2) is 4.11. The molecule has 13 heavy (non-hydrogen) atoms. The molecule has 0 spiro atoms. The Bertz CT molecular complexity index is 295. The van der Waals surface area contributed by atoms with Gasteiger partial charge in [0.1, 0.15) is 5.75 Å². The van der Waals surface area contributed by atoms with Crippen LogP contribution < -0.4 is 0 Å². The topological polar surface area (TPSA) is 40.5 Å². The summed E-state index contributed by atoms with van der Waals surface area (Å²) in [6.07, 6.45) is 0.498. The van der Waals surface area contributed by atoms with Crippen molar-refractivity contribution in [3.63, 3.8) is 0 Å². The van der Waals surface area contributed by atoms with Crippen LogP contribution in [0.1, 0.15) is 16.7 Å². The van der Waals surface area contributed by atoms with Crippen molar-refractivity contribution in [2.75, 3.05) is 6.61 Å². The van der Waals surface area contributed by atoms with E-state index in [-0.39, 0.29) is 12.4 Å². The number of phenolic OH excluding ortho intramolecular Hbond substituents is 1. The molecule has 0 atom stereocenters. The molecule has 2 N–H and O–H groups in total. The van der Waals surface area contributed by atoms with Gasteiger partial charge in [-0.15, -0.1) is 0 Å². The number of aliphatic hydroxyl groups excluding tert-OH is 1. The third-order valence-corrected chi connectivity index (χ3v) is 2.87. The van der Waals surface area contributed by atoms with Crippen LogP contribution in [0.2, 0.25) is 0 Å². The fourth-order valence-electron chi connectivity index (χ4n) is 1.34. The average molecular weight is 245 g/mol. The minimum atomic E-state index is 0.0598. The molecular formula is C10H13BrO2. The van der Waals surface area contributed by atoms with Gasteiger partial charge >= 0.3 is 0 Å². The fourth-order valence-corrected chi connectivity index (χ4v) is 1.93. The summed E-state index contributed by atoms with van der Waals surface area (Å²) in [5.74, 6) is 0.247. The molecule has 0 bridgehead atoms. The first kappa shape index (κ1) is 10.5.